The zero-order valence-electron chi connectivity index (χ0n) is 42.5. The SMILES string of the molecule is Cc1ncsc1-c1ccc(C(C)NC(=O)C2CC(O)CN2C(=O)C(NC(=O)CN2CCN(c3ccc(C#Cc4ccc(N5C(=S)N(c6ccc(C#N)c(C(F)(F)F)c6)C(=O)C5(C)C)cc4)cn3)CC2)C(C)(C)C)cc1. The lowest BCUT2D eigenvalue weighted by Crippen LogP contribution is -2.59. The van der Waals surface area contributed by atoms with E-state index in [0.29, 0.717) is 43.0 Å². The van der Waals surface area contributed by atoms with Gasteiger partial charge < -0.3 is 30.4 Å². The number of aromatic nitrogens is 2. The zero-order chi connectivity index (χ0) is 54.1. The summed E-state index contributed by atoms with van der Waals surface area (Å²) in [5.41, 5.74) is 2.78. The van der Waals surface area contributed by atoms with Crippen molar-refractivity contribution < 1.29 is 37.5 Å². The maximum Gasteiger partial charge on any atom is 0.417 e. The van der Waals surface area contributed by atoms with Crippen molar-refractivity contribution in [3.8, 4) is 28.4 Å². The average molecular weight is 1060 g/mol. The number of benzene rings is 3. The van der Waals surface area contributed by atoms with Gasteiger partial charge in [-0.3, -0.25) is 29.0 Å². The number of hydrogen-bond donors (Lipinski definition) is 3. The molecule has 4 amide bonds. The quantitative estimate of drug-likeness (QED) is 0.0896. The van der Waals surface area contributed by atoms with Gasteiger partial charge in [-0.2, -0.15) is 18.4 Å². The van der Waals surface area contributed by atoms with Gasteiger partial charge in [-0.1, -0.05) is 56.9 Å². The number of β-amino-alcohol motifs (C(OH)–C–C–N with tert-alkyl or cyclic N) is 1. The molecule has 3 aromatic carbocycles. The van der Waals surface area contributed by atoms with Crippen molar-refractivity contribution in [1.82, 2.24) is 30.4 Å². The number of aliphatic hydroxyl groups excluding tert-OH is 1. The van der Waals surface area contributed by atoms with Crippen LogP contribution in [0.3, 0.4) is 0 Å². The Bertz CT molecular complexity index is 3100. The Morgan fingerprint density at radius 3 is 2.17 bits per heavy atom. The van der Waals surface area contributed by atoms with E-state index in [9.17, 15) is 42.7 Å². The number of thiazole rings is 1. The lowest BCUT2D eigenvalue weighted by atomic mass is 9.85. The zero-order valence-corrected chi connectivity index (χ0v) is 44.2. The lowest BCUT2D eigenvalue weighted by molar-refractivity contribution is -0.144. The van der Waals surface area contributed by atoms with Crippen LogP contribution < -0.4 is 25.3 Å². The number of nitrogens with one attached hydrogen (secondary N) is 2. The Hall–Kier alpha value is -7.23. The van der Waals surface area contributed by atoms with Gasteiger partial charge in [-0.05, 0) is 111 Å². The standard InChI is InChI=1S/C55H57F3N10O5S2/c1-33(37-13-15-38(16-14-37)47-34(2)61-32-75-47)62-49(71)44-27-42(69)30-66(44)50(72)48(53(3,4)5)63-46(70)31-64-22-24-65(25-23-64)45-21-12-36(29-60-45)9-8-35-10-18-40(19-11-35)68-52(74)67(51(73)54(68,6)7)41-20-17-39(28-59)43(26-41)55(56,57)58/h10-21,26,29,32-33,42,44,48,69H,22-25,27,30-31H2,1-7H3,(H,62,71)(H,63,70). The minimum atomic E-state index is -4.81. The predicted octanol–water partition coefficient (Wildman–Crippen LogP) is 7.21. The van der Waals surface area contributed by atoms with Crippen LogP contribution in [-0.4, -0.2) is 117 Å². The van der Waals surface area contributed by atoms with Gasteiger partial charge in [0, 0.05) is 62.2 Å². The van der Waals surface area contributed by atoms with E-state index in [4.69, 9.17) is 12.2 Å². The number of hydrogen-bond acceptors (Lipinski definition) is 12. The number of halogens is 3. The molecule has 0 saturated carbocycles. The number of anilines is 3. The molecule has 5 heterocycles. The topological polar surface area (TPSA) is 178 Å². The first-order valence-corrected chi connectivity index (χ1v) is 25.7. The second-order valence-electron chi connectivity index (χ2n) is 20.5. The summed E-state index contributed by atoms with van der Waals surface area (Å²) in [4.78, 5) is 73.5. The maximum atomic E-state index is 14.3. The predicted molar refractivity (Wildman–Crippen MR) is 284 cm³/mol. The Labute approximate surface area is 443 Å². The summed E-state index contributed by atoms with van der Waals surface area (Å²) in [6, 6.07) is 21.0. The monoisotopic (exact) mass is 1060 g/mol. The highest BCUT2D eigenvalue weighted by Crippen LogP contribution is 2.40. The first kappa shape index (κ1) is 54.0. The number of aryl methyl sites for hydroxylation is 1. The molecule has 4 atom stereocenters. The number of rotatable bonds is 11. The normalized spacial score (nSPS) is 18.8. The van der Waals surface area contributed by atoms with E-state index in [-0.39, 0.29) is 48.2 Å². The van der Waals surface area contributed by atoms with Gasteiger partial charge in [0.05, 0.1) is 57.7 Å². The molecule has 3 fully saturated rings. The van der Waals surface area contributed by atoms with Crippen molar-refractivity contribution in [2.75, 3.05) is 54.0 Å². The molecular formula is C55H57F3N10O5S2. The summed E-state index contributed by atoms with van der Waals surface area (Å²) < 4.78 is 41.4. The smallest absolute Gasteiger partial charge is 0.391 e. The first-order chi connectivity index (χ1) is 35.4. The molecule has 4 unspecified atom stereocenters. The summed E-state index contributed by atoms with van der Waals surface area (Å²) in [5.74, 6) is 5.33. The Balaban J connectivity index is 0.828. The van der Waals surface area contributed by atoms with Gasteiger partial charge in [-0.25, -0.2) is 9.97 Å². The van der Waals surface area contributed by atoms with Crippen LogP contribution in [0.5, 0.6) is 0 Å². The number of aliphatic hydroxyl groups is 1. The van der Waals surface area contributed by atoms with Crippen LogP contribution >= 0.6 is 23.6 Å². The number of alkyl halides is 3. The molecular weight excluding hydrogens is 1000 g/mol. The molecule has 390 valence electrons. The highest BCUT2D eigenvalue weighted by Gasteiger charge is 2.51. The van der Waals surface area contributed by atoms with E-state index in [1.165, 1.54) is 11.0 Å². The van der Waals surface area contributed by atoms with Crippen LogP contribution in [0.1, 0.15) is 87.5 Å². The molecule has 3 N–H and O–H groups in total. The summed E-state index contributed by atoms with van der Waals surface area (Å²) in [6.07, 6.45) is -3.94. The summed E-state index contributed by atoms with van der Waals surface area (Å²) >= 11 is 7.23. The fraction of sp³-hybridized carbons (Fsp3) is 0.382. The van der Waals surface area contributed by atoms with E-state index in [2.05, 4.69) is 37.3 Å². The molecule has 3 aliphatic rings. The van der Waals surface area contributed by atoms with E-state index < -0.39 is 58.3 Å². The van der Waals surface area contributed by atoms with Crippen molar-refractivity contribution in [2.24, 2.45) is 5.41 Å². The molecule has 2 aromatic heterocycles. The molecule has 0 bridgehead atoms. The van der Waals surface area contributed by atoms with Crippen LogP contribution in [0.4, 0.5) is 30.4 Å². The third-order valence-corrected chi connectivity index (χ3v) is 15.0. The Morgan fingerprint density at radius 2 is 1.57 bits per heavy atom. The number of likely N-dealkylation sites (tertiary alicyclic amines) is 1. The third-order valence-electron chi connectivity index (χ3n) is 13.7. The van der Waals surface area contributed by atoms with Crippen LogP contribution in [0.15, 0.2) is 90.6 Å². The number of nitrogens with zero attached hydrogens (tertiary/aromatic N) is 8. The Kier molecular flexibility index (Phi) is 15.5. The molecule has 20 heteroatoms. The number of nitriles is 1. The molecule has 5 aromatic rings. The van der Waals surface area contributed by atoms with Crippen LogP contribution in [0.2, 0.25) is 0 Å². The molecule has 0 radical (unpaired) electrons. The second kappa shape index (κ2) is 21.5. The summed E-state index contributed by atoms with van der Waals surface area (Å²) in [5, 5.41) is 26.0. The molecule has 8 rings (SSSR count). The van der Waals surface area contributed by atoms with Crippen molar-refractivity contribution in [3.63, 3.8) is 0 Å². The van der Waals surface area contributed by atoms with Crippen molar-refractivity contribution in [2.45, 2.75) is 90.8 Å². The number of piperazine rings is 1. The van der Waals surface area contributed by atoms with E-state index in [0.717, 1.165) is 44.5 Å². The fourth-order valence-corrected chi connectivity index (χ4v) is 10.8. The van der Waals surface area contributed by atoms with Gasteiger partial charge in [0.2, 0.25) is 17.7 Å². The molecule has 0 spiro atoms. The maximum absolute atomic E-state index is 14.3. The molecule has 15 nitrogen and oxygen atoms in total. The van der Waals surface area contributed by atoms with Gasteiger partial charge in [-0.15, -0.1) is 11.3 Å². The molecule has 0 aliphatic carbocycles. The van der Waals surface area contributed by atoms with Crippen molar-refractivity contribution in [3.05, 3.63) is 124 Å². The molecule has 3 saturated heterocycles. The lowest BCUT2D eigenvalue weighted by Gasteiger charge is -2.37. The fourth-order valence-electron chi connectivity index (χ4n) is 9.50. The number of carbonyl (C=O) groups is 4. The van der Waals surface area contributed by atoms with Crippen molar-refractivity contribution in [1.29, 1.82) is 5.26 Å². The van der Waals surface area contributed by atoms with Gasteiger partial charge in [0.1, 0.15) is 23.4 Å². The van der Waals surface area contributed by atoms with Crippen molar-refractivity contribution >= 4 is 69.5 Å². The number of carbonyl (C=O) groups excluding carboxylic acids is 4. The number of thiocarbonyl (C=S) groups is 1. The average Bonchev–Trinajstić information content (AvgIpc) is 4.04. The molecule has 75 heavy (non-hydrogen) atoms. The second-order valence-corrected chi connectivity index (χ2v) is 21.7. The van der Waals surface area contributed by atoms with E-state index in [1.807, 2.05) is 81.4 Å². The summed E-state index contributed by atoms with van der Waals surface area (Å²) in [6.45, 7) is 15.0. The first-order valence-electron chi connectivity index (χ1n) is 24.4. The Morgan fingerprint density at radius 1 is 0.920 bits per heavy atom. The number of pyridine rings is 1. The summed E-state index contributed by atoms with van der Waals surface area (Å²) in [7, 11) is 0. The van der Waals surface area contributed by atoms with Gasteiger partial charge in [0.15, 0.2) is 5.11 Å². The van der Waals surface area contributed by atoms with E-state index in [1.54, 1.807) is 66.6 Å². The largest absolute Gasteiger partial charge is 0.417 e. The van der Waals surface area contributed by atoms with Crippen LogP contribution in [-0.2, 0) is 25.4 Å². The minimum absolute atomic E-state index is 0.0106. The van der Waals surface area contributed by atoms with Crippen LogP contribution in [0.25, 0.3) is 10.4 Å². The van der Waals surface area contributed by atoms with Crippen LogP contribution in [0, 0.1) is 35.5 Å². The number of amides is 4. The molecule has 3 aliphatic heterocycles. The van der Waals surface area contributed by atoms with Gasteiger partial charge in [0.25, 0.3) is 5.91 Å². The van der Waals surface area contributed by atoms with E-state index >= 15 is 0 Å². The minimum Gasteiger partial charge on any atom is -0.391 e. The van der Waals surface area contributed by atoms with Gasteiger partial charge >= 0.3 is 6.18 Å². The highest BCUT2D eigenvalue weighted by atomic mass is 32.1. The third kappa shape index (κ3) is 11.7. The highest BCUT2D eigenvalue weighted by molar-refractivity contribution is 7.81.